The lowest BCUT2D eigenvalue weighted by Crippen LogP contribution is -2.59. The summed E-state index contributed by atoms with van der Waals surface area (Å²) in [5.74, 6) is 2.73. The van der Waals surface area contributed by atoms with Crippen LogP contribution in [0, 0.1) is 50.7 Å². The standard InChI is InChI=1S/C34H57NO5.C5H9NO/c1-20-16-21(28(36)30(4,5)37)39-22-17-32(7)24-9-8-23-29(2,3)25(40-26-18-35-14-15-38-26)10-11-33(23)19-34(24,33)13-12-31(32,6)27(20)22;7-5-3-1-2-4-6-5/h20-28,35-37H,8-19H2,1-7H3;1-4H2,(H,6,7)/t20-,21?,22?,23?,24+,25+,26?,27?,28+,31-,32+,33-,34+;/m1./s1. The van der Waals surface area contributed by atoms with Crippen LogP contribution in [0.3, 0.4) is 0 Å². The van der Waals surface area contributed by atoms with Crippen molar-refractivity contribution in [3.63, 3.8) is 0 Å². The molecule has 0 radical (unpaired) electrons. The molecule has 8 nitrogen and oxygen atoms in total. The molecule has 1 amide bonds. The molecular weight excluding hydrogens is 592 g/mol. The van der Waals surface area contributed by atoms with Crippen LogP contribution in [-0.2, 0) is 19.0 Å². The molecule has 8 fully saturated rings. The van der Waals surface area contributed by atoms with E-state index in [2.05, 4.69) is 45.3 Å². The van der Waals surface area contributed by atoms with E-state index in [1.165, 1.54) is 38.5 Å². The highest BCUT2D eigenvalue weighted by Crippen LogP contribution is 2.89. The van der Waals surface area contributed by atoms with Crippen LogP contribution >= 0.6 is 0 Å². The van der Waals surface area contributed by atoms with Crippen LogP contribution in [0.4, 0.5) is 0 Å². The van der Waals surface area contributed by atoms with Gasteiger partial charge in [-0.2, -0.15) is 0 Å². The SMILES string of the molecule is C[C@@H]1CC([C@H](O)C(C)(C)O)OC2C[C@@]3(C)[C@@H]4CCC5C(C)(C)[C@@H](OC6CNCCO6)CC[C@@]56C[C@@]46CC[C@]3(C)C21.O=C1CCCCN1. The summed E-state index contributed by atoms with van der Waals surface area (Å²) in [5, 5.41) is 27.7. The van der Waals surface area contributed by atoms with Gasteiger partial charge in [0.1, 0.15) is 6.10 Å². The molecule has 3 aliphatic heterocycles. The van der Waals surface area contributed by atoms with E-state index >= 15 is 0 Å². The number of aliphatic hydroxyl groups excluding tert-OH is 1. The summed E-state index contributed by atoms with van der Waals surface area (Å²) in [4.78, 5) is 10.4. The quantitative estimate of drug-likeness (QED) is 0.313. The van der Waals surface area contributed by atoms with Gasteiger partial charge in [-0.1, -0.05) is 34.6 Å². The number of carbonyl (C=O) groups excluding carboxylic acids is 1. The summed E-state index contributed by atoms with van der Waals surface area (Å²) in [6.07, 6.45) is 13.4. The summed E-state index contributed by atoms with van der Waals surface area (Å²) >= 11 is 0. The smallest absolute Gasteiger partial charge is 0.219 e. The number of hydrogen-bond donors (Lipinski definition) is 4. The molecule has 5 unspecified atom stereocenters. The predicted octanol–water partition coefficient (Wildman–Crippen LogP) is 5.58. The topological polar surface area (TPSA) is 109 Å². The van der Waals surface area contributed by atoms with Crippen molar-refractivity contribution in [2.45, 2.75) is 162 Å². The molecule has 0 bridgehead atoms. The highest BCUT2D eigenvalue weighted by Gasteiger charge is 2.83. The summed E-state index contributed by atoms with van der Waals surface area (Å²) in [6, 6.07) is 0. The van der Waals surface area contributed by atoms with Gasteiger partial charge in [0.25, 0.3) is 0 Å². The summed E-state index contributed by atoms with van der Waals surface area (Å²) < 4.78 is 19.5. The lowest BCUT2D eigenvalue weighted by atomic mass is 9.41. The van der Waals surface area contributed by atoms with E-state index in [0.717, 1.165) is 76.6 Å². The van der Waals surface area contributed by atoms with Crippen LogP contribution in [0.1, 0.15) is 126 Å². The normalized spacial score (nSPS) is 50.6. The first-order valence-corrected chi connectivity index (χ1v) is 19.4. The van der Waals surface area contributed by atoms with Crippen molar-refractivity contribution < 1.29 is 29.2 Å². The average molecular weight is 659 g/mol. The van der Waals surface area contributed by atoms with Gasteiger partial charge in [-0.05, 0) is 135 Å². The van der Waals surface area contributed by atoms with E-state index in [4.69, 9.17) is 14.2 Å². The van der Waals surface area contributed by atoms with Gasteiger partial charge in [-0.15, -0.1) is 0 Å². The largest absolute Gasteiger partial charge is 0.388 e. The van der Waals surface area contributed by atoms with E-state index in [-0.39, 0.29) is 46.8 Å². The molecule has 0 aromatic heterocycles. The number of carbonyl (C=O) groups is 1. The average Bonchev–Trinajstić information content (AvgIpc) is 3.62. The molecule has 8 aliphatic rings. The van der Waals surface area contributed by atoms with Gasteiger partial charge in [0.15, 0.2) is 6.29 Å². The van der Waals surface area contributed by atoms with Crippen molar-refractivity contribution in [3.8, 4) is 0 Å². The zero-order chi connectivity index (χ0) is 33.6. The first-order chi connectivity index (χ1) is 22.1. The van der Waals surface area contributed by atoms with Crippen LogP contribution < -0.4 is 10.6 Å². The number of morpholine rings is 1. The van der Waals surface area contributed by atoms with Crippen molar-refractivity contribution in [1.82, 2.24) is 10.6 Å². The number of hydrogen-bond acceptors (Lipinski definition) is 7. The molecule has 13 atom stereocenters. The van der Waals surface area contributed by atoms with Gasteiger partial charge in [0.2, 0.25) is 5.91 Å². The second-order valence-corrected chi connectivity index (χ2v) is 19.1. The number of amides is 1. The van der Waals surface area contributed by atoms with E-state index in [1.807, 2.05) is 0 Å². The first-order valence-electron chi connectivity index (χ1n) is 19.4. The second-order valence-electron chi connectivity index (χ2n) is 19.1. The maximum Gasteiger partial charge on any atom is 0.219 e. The number of ether oxygens (including phenoxy) is 3. The minimum Gasteiger partial charge on any atom is -0.388 e. The van der Waals surface area contributed by atoms with E-state index < -0.39 is 11.7 Å². The fraction of sp³-hybridized carbons (Fsp3) is 0.974. The Morgan fingerprint density at radius 2 is 1.72 bits per heavy atom. The van der Waals surface area contributed by atoms with Crippen LogP contribution in [-0.4, -0.2) is 78.7 Å². The monoisotopic (exact) mass is 658 g/mol. The molecule has 3 saturated heterocycles. The molecule has 2 spiro atoms. The Kier molecular flexibility index (Phi) is 8.78. The minimum absolute atomic E-state index is 0.103. The Hall–Kier alpha value is -0.770. The molecule has 4 N–H and O–H groups in total. The lowest BCUT2D eigenvalue weighted by Gasteiger charge is -2.63. The fourth-order valence-corrected chi connectivity index (χ4v) is 13.8. The number of fused-ring (bicyclic) bond motifs is 4. The van der Waals surface area contributed by atoms with Gasteiger partial charge >= 0.3 is 0 Å². The second kappa shape index (κ2) is 11.9. The first kappa shape index (κ1) is 34.7. The molecule has 47 heavy (non-hydrogen) atoms. The van der Waals surface area contributed by atoms with Crippen molar-refractivity contribution in [3.05, 3.63) is 0 Å². The summed E-state index contributed by atoms with van der Waals surface area (Å²) in [7, 11) is 0. The van der Waals surface area contributed by atoms with Gasteiger partial charge in [-0.3, -0.25) is 4.79 Å². The third-order valence-corrected chi connectivity index (χ3v) is 16.1. The van der Waals surface area contributed by atoms with Crippen LogP contribution in [0.25, 0.3) is 0 Å². The van der Waals surface area contributed by atoms with Gasteiger partial charge in [0, 0.05) is 26.1 Å². The number of nitrogens with one attached hydrogen (secondary N) is 2. The molecule has 5 saturated carbocycles. The van der Waals surface area contributed by atoms with Crippen LogP contribution in [0.2, 0.25) is 0 Å². The minimum atomic E-state index is -1.14. The molecule has 3 heterocycles. The van der Waals surface area contributed by atoms with E-state index in [9.17, 15) is 15.0 Å². The zero-order valence-corrected chi connectivity index (χ0v) is 30.5. The van der Waals surface area contributed by atoms with Gasteiger partial charge < -0.3 is 35.1 Å². The maximum absolute atomic E-state index is 11.0. The van der Waals surface area contributed by atoms with Crippen molar-refractivity contribution in [2.75, 3.05) is 26.2 Å². The molecule has 8 rings (SSSR count). The van der Waals surface area contributed by atoms with Gasteiger partial charge in [0.05, 0.1) is 30.5 Å². The van der Waals surface area contributed by atoms with Gasteiger partial charge in [-0.25, -0.2) is 0 Å². The highest BCUT2D eigenvalue weighted by atomic mass is 16.7. The molecule has 5 aliphatic carbocycles. The Bertz CT molecular complexity index is 1170. The summed E-state index contributed by atoms with van der Waals surface area (Å²) in [6.45, 7) is 19.5. The molecule has 0 aromatic rings. The van der Waals surface area contributed by atoms with E-state index in [0.29, 0.717) is 22.7 Å². The molecule has 268 valence electrons. The Morgan fingerprint density at radius 1 is 0.979 bits per heavy atom. The molecular formula is C39H66N2O6. The maximum atomic E-state index is 11.0. The predicted molar refractivity (Wildman–Crippen MR) is 181 cm³/mol. The Labute approximate surface area is 284 Å². The fourth-order valence-electron chi connectivity index (χ4n) is 13.8. The Balaban J connectivity index is 0.000000447. The molecule has 8 heteroatoms. The third kappa shape index (κ3) is 5.30. The van der Waals surface area contributed by atoms with Crippen molar-refractivity contribution in [2.24, 2.45) is 50.7 Å². The summed E-state index contributed by atoms with van der Waals surface area (Å²) in [5.41, 5.74) is 0.519. The van der Waals surface area contributed by atoms with Crippen LogP contribution in [0.5, 0.6) is 0 Å². The number of rotatable bonds is 4. The zero-order valence-electron chi connectivity index (χ0n) is 30.5. The Morgan fingerprint density at radius 3 is 2.36 bits per heavy atom. The van der Waals surface area contributed by atoms with E-state index in [1.54, 1.807) is 13.8 Å². The number of piperidine rings is 1. The molecule has 0 aromatic carbocycles. The third-order valence-electron chi connectivity index (χ3n) is 16.1. The van der Waals surface area contributed by atoms with Crippen LogP contribution in [0.15, 0.2) is 0 Å². The highest BCUT2D eigenvalue weighted by molar-refractivity contribution is 5.76. The van der Waals surface area contributed by atoms with Crippen molar-refractivity contribution in [1.29, 1.82) is 0 Å². The number of aliphatic hydroxyl groups is 2. The van der Waals surface area contributed by atoms with Crippen molar-refractivity contribution >= 4 is 5.91 Å². The lowest BCUT2D eigenvalue weighted by molar-refractivity contribution is -0.235.